The molecule has 0 amide bonds. The molecule has 0 saturated carbocycles. The number of para-hydroxylation sites is 3. The summed E-state index contributed by atoms with van der Waals surface area (Å²) >= 11 is 0. The number of rotatable bonds is 7. The van der Waals surface area contributed by atoms with Crippen LogP contribution in [0.3, 0.4) is 0 Å². The molecule has 0 atom stereocenters. The number of benzene rings is 7. The Labute approximate surface area is 296 Å². The van der Waals surface area contributed by atoms with Crippen molar-refractivity contribution >= 4 is 54.9 Å². The molecule has 0 aliphatic rings. The van der Waals surface area contributed by atoms with Gasteiger partial charge in [-0.15, -0.1) is 0 Å². The molecule has 9 aromatic rings. The number of hydrogen-bond acceptors (Lipinski definition) is 3. The molecule has 7 aromatic carbocycles. The number of pyridine rings is 1. The maximum Gasteiger partial charge on any atom is 0.0788 e. The van der Waals surface area contributed by atoms with Crippen LogP contribution in [-0.4, -0.2) is 15.3 Å². The van der Waals surface area contributed by atoms with Gasteiger partial charge in [-0.25, -0.2) is 4.98 Å². The molecule has 0 radical (unpaired) electrons. The standard InChI is InChI=1S/C47H34N4/c48-41(30-43(33-18-7-2-8-19-33)49-31-32-16-5-1-6-17-32)38-26-15-25-36-37-28-29-40-44(47(37)51(46(36)38)35-22-11-4-12-23-35)39-24-13-14-27-42(39)50-45(40)34-20-9-3-10-21-34/h1-30H,31,48H2/b41-30-,49-43?. The zero-order valence-electron chi connectivity index (χ0n) is 27.9. The van der Waals surface area contributed by atoms with E-state index in [1.54, 1.807) is 0 Å². The predicted molar refractivity (Wildman–Crippen MR) is 214 cm³/mol. The van der Waals surface area contributed by atoms with Crippen molar-refractivity contribution in [3.63, 3.8) is 0 Å². The van der Waals surface area contributed by atoms with Crippen molar-refractivity contribution < 1.29 is 0 Å². The van der Waals surface area contributed by atoms with Gasteiger partial charge < -0.3 is 10.3 Å². The van der Waals surface area contributed by atoms with E-state index in [1.165, 1.54) is 5.39 Å². The fraction of sp³-hybridized carbons (Fsp3) is 0.0213. The van der Waals surface area contributed by atoms with Gasteiger partial charge in [0, 0.05) is 49.4 Å². The van der Waals surface area contributed by atoms with Crippen LogP contribution >= 0.6 is 0 Å². The van der Waals surface area contributed by atoms with E-state index in [1.807, 2.05) is 48.5 Å². The van der Waals surface area contributed by atoms with Gasteiger partial charge in [-0.1, -0.05) is 158 Å². The van der Waals surface area contributed by atoms with E-state index in [-0.39, 0.29) is 0 Å². The predicted octanol–water partition coefficient (Wildman–Crippen LogP) is 11.1. The average molecular weight is 655 g/mol. The summed E-state index contributed by atoms with van der Waals surface area (Å²) in [5, 5.41) is 5.68. The molecular formula is C47H34N4. The second-order valence-electron chi connectivity index (χ2n) is 12.8. The summed E-state index contributed by atoms with van der Waals surface area (Å²) in [6.45, 7) is 0.556. The van der Waals surface area contributed by atoms with E-state index < -0.39 is 0 Å². The Morgan fingerprint density at radius 3 is 1.94 bits per heavy atom. The molecule has 2 heterocycles. The van der Waals surface area contributed by atoms with E-state index in [4.69, 9.17) is 15.7 Å². The Kier molecular flexibility index (Phi) is 7.67. The number of nitrogens with two attached hydrogens (primary N) is 1. The van der Waals surface area contributed by atoms with E-state index >= 15 is 0 Å². The topological polar surface area (TPSA) is 56.2 Å². The highest BCUT2D eigenvalue weighted by Gasteiger charge is 2.22. The van der Waals surface area contributed by atoms with E-state index in [2.05, 4.69) is 138 Å². The normalized spacial score (nSPS) is 12.3. The van der Waals surface area contributed by atoms with Gasteiger partial charge in [0.25, 0.3) is 0 Å². The zero-order chi connectivity index (χ0) is 34.1. The lowest BCUT2D eigenvalue weighted by Crippen LogP contribution is -2.06. The molecule has 0 fully saturated rings. The molecule has 0 unspecified atom stereocenters. The van der Waals surface area contributed by atoms with E-state index in [9.17, 15) is 0 Å². The summed E-state index contributed by atoms with van der Waals surface area (Å²) in [4.78, 5) is 10.3. The van der Waals surface area contributed by atoms with Crippen molar-refractivity contribution in [2.45, 2.75) is 6.54 Å². The Hall–Kier alpha value is -6.78. The van der Waals surface area contributed by atoms with Gasteiger partial charge in [0.05, 0.1) is 34.5 Å². The SMILES string of the molecule is N/C(=C\C(=NCc1ccccc1)c1ccccc1)c1cccc2c3ccc4c(-c5ccccc5)nc5ccccc5c4c3n(-c3ccccc3)c12. The van der Waals surface area contributed by atoms with Crippen LogP contribution in [0.25, 0.3) is 66.1 Å². The first-order valence-corrected chi connectivity index (χ1v) is 17.3. The summed E-state index contributed by atoms with van der Waals surface area (Å²) in [5.74, 6) is 0. The monoisotopic (exact) mass is 654 g/mol. The third kappa shape index (κ3) is 5.44. The number of aliphatic imine (C=N–C) groups is 1. The first-order chi connectivity index (χ1) is 25.2. The molecule has 0 aliphatic heterocycles. The van der Waals surface area contributed by atoms with Crippen LogP contribution < -0.4 is 5.73 Å². The van der Waals surface area contributed by atoms with Crippen LogP contribution in [0.5, 0.6) is 0 Å². The second-order valence-corrected chi connectivity index (χ2v) is 12.8. The molecule has 9 rings (SSSR count). The summed E-state index contributed by atoms with van der Waals surface area (Å²) in [7, 11) is 0. The molecule has 4 heteroatoms. The minimum absolute atomic E-state index is 0.556. The third-order valence-corrected chi connectivity index (χ3v) is 9.62. The first kappa shape index (κ1) is 30.3. The van der Waals surface area contributed by atoms with Gasteiger partial charge in [-0.05, 0) is 35.4 Å². The van der Waals surface area contributed by atoms with E-state index in [0.717, 1.165) is 77.4 Å². The van der Waals surface area contributed by atoms with Gasteiger partial charge in [0.15, 0.2) is 0 Å². The molecule has 2 aromatic heterocycles. The van der Waals surface area contributed by atoms with Crippen molar-refractivity contribution in [2.24, 2.45) is 10.7 Å². The van der Waals surface area contributed by atoms with Crippen molar-refractivity contribution in [3.05, 3.63) is 199 Å². The van der Waals surface area contributed by atoms with Crippen molar-refractivity contribution in [1.82, 2.24) is 9.55 Å². The molecule has 0 aliphatic carbocycles. The summed E-state index contributed by atoms with van der Waals surface area (Å²) in [6.07, 6.45) is 2.03. The highest BCUT2D eigenvalue weighted by Crippen LogP contribution is 2.43. The molecule has 2 N–H and O–H groups in total. The molecule has 0 bridgehead atoms. The van der Waals surface area contributed by atoms with Crippen molar-refractivity contribution in [3.8, 4) is 16.9 Å². The molecule has 0 spiro atoms. The Morgan fingerprint density at radius 2 is 1.18 bits per heavy atom. The lowest BCUT2D eigenvalue weighted by atomic mass is 9.97. The van der Waals surface area contributed by atoms with Gasteiger partial charge in [-0.2, -0.15) is 0 Å². The Balaban J connectivity index is 1.36. The minimum Gasteiger partial charge on any atom is -0.398 e. The highest BCUT2D eigenvalue weighted by molar-refractivity contribution is 6.27. The number of hydrogen-bond donors (Lipinski definition) is 1. The second kappa shape index (κ2) is 12.9. The van der Waals surface area contributed by atoms with Crippen LogP contribution in [0.1, 0.15) is 16.7 Å². The molecule has 0 saturated heterocycles. The van der Waals surface area contributed by atoms with Gasteiger partial charge in [-0.3, -0.25) is 4.99 Å². The Morgan fingerprint density at radius 1 is 0.569 bits per heavy atom. The number of aromatic nitrogens is 2. The molecule has 242 valence electrons. The maximum atomic E-state index is 7.20. The number of fused-ring (bicyclic) bond motifs is 7. The average Bonchev–Trinajstić information content (AvgIpc) is 3.55. The fourth-order valence-electron chi connectivity index (χ4n) is 7.29. The van der Waals surface area contributed by atoms with Crippen LogP contribution in [0.4, 0.5) is 0 Å². The van der Waals surface area contributed by atoms with Gasteiger partial charge in [0.2, 0.25) is 0 Å². The highest BCUT2D eigenvalue weighted by atomic mass is 15.0. The fourth-order valence-corrected chi connectivity index (χ4v) is 7.29. The van der Waals surface area contributed by atoms with Crippen molar-refractivity contribution in [2.75, 3.05) is 0 Å². The molecular weight excluding hydrogens is 621 g/mol. The summed E-state index contributed by atoms with van der Waals surface area (Å²) < 4.78 is 2.40. The minimum atomic E-state index is 0.556. The summed E-state index contributed by atoms with van der Waals surface area (Å²) in [6, 6.07) is 61.1. The van der Waals surface area contributed by atoms with Gasteiger partial charge >= 0.3 is 0 Å². The van der Waals surface area contributed by atoms with Crippen LogP contribution in [0.2, 0.25) is 0 Å². The quantitative estimate of drug-likeness (QED) is 0.137. The van der Waals surface area contributed by atoms with Crippen LogP contribution in [0.15, 0.2) is 187 Å². The lowest BCUT2D eigenvalue weighted by molar-refractivity contribution is 1.07. The lowest BCUT2D eigenvalue weighted by Gasteiger charge is -2.15. The molecule has 4 nitrogen and oxygen atoms in total. The zero-order valence-corrected chi connectivity index (χ0v) is 27.9. The number of allylic oxidation sites excluding steroid dienone is 1. The summed E-state index contributed by atoms with van der Waals surface area (Å²) in [5.41, 5.74) is 18.1. The number of nitrogens with zero attached hydrogens (tertiary/aromatic N) is 3. The van der Waals surface area contributed by atoms with Crippen molar-refractivity contribution in [1.29, 1.82) is 0 Å². The smallest absolute Gasteiger partial charge is 0.0788 e. The third-order valence-electron chi connectivity index (χ3n) is 9.62. The van der Waals surface area contributed by atoms with Gasteiger partial charge in [0.1, 0.15) is 0 Å². The Bertz CT molecular complexity index is 2750. The molecule has 51 heavy (non-hydrogen) atoms. The largest absolute Gasteiger partial charge is 0.398 e. The first-order valence-electron chi connectivity index (χ1n) is 17.3. The van der Waals surface area contributed by atoms with Crippen LogP contribution in [-0.2, 0) is 6.54 Å². The maximum absolute atomic E-state index is 7.20. The van der Waals surface area contributed by atoms with E-state index in [0.29, 0.717) is 12.2 Å². The van der Waals surface area contributed by atoms with Crippen LogP contribution in [0, 0.1) is 0 Å².